The molecule has 0 fully saturated rings. The van der Waals surface area contributed by atoms with Crippen LogP contribution in [0.5, 0.6) is 0 Å². The molecular formula is C15H17N3O2. The van der Waals surface area contributed by atoms with Gasteiger partial charge in [-0.25, -0.2) is 0 Å². The van der Waals surface area contributed by atoms with E-state index in [0.717, 1.165) is 41.4 Å². The molecule has 104 valence electrons. The molecule has 0 bridgehead atoms. The zero-order valence-corrected chi connectivity index (χ0v) is 11.3. The number of amides is 1. The first kappa shape index (κ1) is 12.7. The lowest BCUT2D eigenvalue weighted by Gasteiger charge is -2.19. The van der Waals surface area contributed by atoms with Crippen molar-refractivity contribution in [3.63, 3.8) is 0 Å². The van der Waals surface area contributed by atoms with Crippen LogP contribution in [0, 0.1) is 0 Å². The van der Waals surface area contributed by atoms with Crippen molar-refractivity contribution in [1.29, 1.82) is 0 Å². The molecule has 1 amide bonds. The first-order valence-corrected chi connectivity index (χ1v) is 6.71. The summed E-state index contributed by atoms with van der Waals surface area (Å²) in [6.07, 6.45) is 4.47. The molecule has 3 N–H and O–H groups in total. The molecule has 3 rings (SSSR count). The van der Waals surface area contributed by atoms with E-state index in [1.54, 1.807) is 6.21 Å². The van der Waals surface area contributed by atoms with Crippen molar-refractivity contribution >= 4 is 23.0 Å². The molecular weight excluding hydrogens is 254 g/mol. The Labute approximate surface area is 116 Å². The van der Waals surface area contributed by atoms with Gasteiger partial charge in [0.1, 0.15) is 7.11 Å². The molecule has 1 aliphatic carbocycles. The number of carbonyl (C=O) groups is 1. The van der Waals surface area contributed by atoms with E-state index in [0.29, 0.717) is 0 Å². The van der Waals surface area contributed by atoms with E-state index >= 15 is 0 Å². The predicted molar refractivity (Wildman–Crippen MR) is 77.8 cm³/mol. The fourth-order valence-corrected chi connectivity index (χ4v) is 2.96. The largest absolute Gasteiger partial charge is 0.399 e. The van der Waals surface area contributed by atoms with Crippen molar-refractivity contribution in [2.75, 3.05) is 7.11 Å². The number of nitrogens with zero attached hydrogens (tertiary/aromatic N) is 1. The number of benzene rings is 1. The van der Waals surface area contributed by atoms with Crippen molar-refractivity contribution < 1.29 is 9.63 Å². The highest BCUT2D eigenvalue weighted by atomic mass is 16.6. The minimum absolute atomic E-state index is 0.192. The average molecular weight is 271 g/mol. The molecule has 1 atom stereocenters. The maximum atomic E-state index is 11.6. The second kappa shape index (κ2) is 5.00. The molecule has 0 radical (unpaired) electrons. The summed E-state index contributed by atoms with van der Waals surface area (Å²) in [5, 5.41) is 4.92. The lowest BCUT2D eigenvalue weighted by Crippen LogP contribution is -2.24. The number of rotatable bonds is 3. The third-order valence-corrected chi connectivity index (χ3v) is 3.88. The quantitative estimate of drug-likeness (QED) is 0.661. The van der Waals surface area contributed by atoms with Gasteiger partial charge < -0.3 is 15.6 Å². The Morgan fingerprint density at radius 2 is 2.40 bits per heavy atom. The Kier molecular flexibility index (Phi) is 3.18. The number of aromatic amines is 1. The molecule has 5 nitrogen and oxygen atoms in total. The van der Waals surface area contributed by atoms with Crippen molar-refractivity contribution in [2.45, 2.75) is 25.2 Å². The average Bonchev–Trinajstić information content (AvgIpc) is 2.82. The Hall–Kier alpha value is -2.30. The van der Waals surface area contributed by atoms with Crippen LogP contribution in [-0.4, -0.2) is 24.2 Å². The number of nitrogens with two attached hydrogens (primary N) is 1. The van der Waals surface area contributed by atoms with Crippen LogP contribution in [0.25, 0.3) is 10.9 Å². The summed E-state index contributed by atoms with van der Waals surface area (Å²) in [7, 11) is 1.52. The van der Waals surface area contributed by atoms with E-state index in [2.05, 4.69) is 16.2 Å². The van der Waals surface area contributed by atoms with Crippen LogP contribution in [0.15, 0.2) is 23.4 Å². The van der Waals surface area contributed by atoms with Crippen LogP contribution in [0.2, 0.25) is 0 Å². The predicted octanol–water partition coefficient (Wildman–Crippen LogP) is 2.05. The second-order valence-electron chi connectivity index (χ2n) is 5.09. The number of nitrogens with one attached hydrogen (secondary N) is 1. The maximum absolute atomic E-state index is 11.6. The van der Waals surface area contributed by atoms with E-state index in [4.69, 9.17) is 10.6 Å². The monoisotopic (exact) mass is 271 g/mol. The van der Waals surface area contributed by atoms with Crippen molar-refractivity contribution in [2.24, 2.45) is 10.9 Å². The highest BCUT2D eigenvalue weighted by molar-refractivity contribution is 5.93. The fourth-order valence-electron chi connectivity index (χ4n) is 2.96. The maximum Gasteiger partial charge on any atom is 0.226 e. The molecule has 0 spiro atoms. The Morgan fingerprint density at radius 1 is 1.55 bits per heavy atom. The van der Waals surface area contributed by atoms with Gasteiger partial charge in [-0.2, -0.15) is 0 Å². The van der Waals surface area contributed by atoms with Gasteiger partial charge in [-0.1, -0.05) is 11.2 Å². The molecule has 0 saturated carbocycles. The molecule has 5 heteroatoms. The molecule has 20 heavy (non-hydrogen) atoms. The third kappa shape index (κ3) is 2.05. The first-order valence-electron chi connectivity index (χ1n) is 6.71. The second-order valence-corrected chi connectivity index (χ2v) is 5.09. The normalized spacial score (nSPS) is 18.4. The van der Waals surface area contributed by atoms with Gasteiger partial charge in [0, 0.05) is 16.6 Å². The number of carbonyl (C=O) groups excluding carboxylic acids is 1. The number of fused-ring (bicyclic) bond motifs is 3. The van der Waals surface area contributed by atoms with E-state index in [1.807, 2.05) is 12.1 Å². The van der Waals surface area contributed by atoms with Crippen LogP contribution in [-0.2, 0) is 16.1 Å². The SMILES string of the molecule is CON=Cc1ccc2[nH]c3c(c2c1)CCCC3C(N)=O. The van der Waals surface area contributed by atoms with Crippen LogP contribution >= 0.6 is 0 Å². The minimum atomic E-state index is -0.251. The zero-order valence-electron chi connectivity index (χ0n) is 11.3. The number of oxime groups is 1. The topological polar surface area (TPSA) is 80.5 Å². The lowest BCUT2D eigenvalue weighted by atomic mass is 9.86. The summed E-state index contributed by atoms with van der Waals surface area (Å²) in [4.78, 5) is 19.6. The zero-order chi connectivity index (χ0) is 14.1. The highest BCUT2D eigenvalue weighted by Crippen LogP contribution is 2.36. The number of H-pyrrole nitrogens is 1. The van der Waals surface area contributed by atoms with Crippen LogP contribution < -0.4 is 5.73 Å². The fraction of sp³-hybridized carbons (Fsp3) is 0.333. The summed E-state index contributed by atoms with van der Waals surface area (Å²) in [6, 6.07) is 6.03. The molecule has 1 aromatic carbocycles. The van der Waals surface area contributed by atoms with Crippen molar-refractivity contribution in [3.8, 4) is 0 Å². The van der Waals surface area contributed by atoms with Gasteiger partial charge in [-0.3, -0.25) is 4.79 Å². The molecule has 1 aliphatic rings. The van der Waals surface area contributed by atoms with Gasteiger partial charge in [-0.15, -0.1) is 0 Å². The summed E-state index contributed by atoms with van der Waals surface area (Å²) in [5.74, 6) is -0.444. The highest BCUT2D eigenvalue weighted by Gasteiger charge is 2.27. The number of primary amides is 1. The van der Waals surface area contributed by atoms with Crippen LogP contribution in [0.4, 0.5) is 0 Å². The van der Waals surface area contributed by atoms with Crippen LogP contribution in [0.1, 0.15) is 35.6 Å². The summed E-state index contributed by atoms with van der Waals surface area (Å²) >= 11 is 0. The molecule has 1 unspecified atom stereocenters. The van der Waals surface area contributed by atoms with Crippen LogP contribution in [0.3, 0.4) is 0 Å². The van der Waals surface area contributed by atoms with Crippen molar-refractivity contribution in [3.05, 3.63) is 35.0 Å². The van der Waals surface area contributed by atoms with Gasteiger partial charge in [0.25, 0.3) is 0 Å². The molecule has 0 saturated heterocycles. The van der Waals surface area contributed by atoms with Gasteiger partial charge in [-0.05, 0) is 42.5 Å². The number of aromatic nitrogens is 1. The Balaban J connectivity index is 2.12. The third-order valence-electron chi connectivity index (χ3n) is 3.88. The Bertz CT molecular complexity index is 688. The first-order chi connectivity index (χ1) is 9.70. The lowest BCUT2D eigenvalue weighted by molar-refractivity contribution is -0.119. The summed E-state index contributed by atoms with van der Waals surface area (Å²) < 4.78 is 0. The molecule has 1 heterocycles. The number of aryl methyl sites for hydroxylation is 1. The van der Waals surface area contributed by atoms with Gasteiger partial charge in [0.2, 0.25) is 5.91 Å². The van der Waals surface area contributed by atoms with E-state index in [1.165, 1.54) is 12.7 Å². The smallest absolute Gasteiger partial charge is 0.226 e. The summed E-state index contributed by atoms with van der Waals surface area (Å²) in [6.45, 7) is 0. The molecule has 0 aliphatic heterocycles. The van der Waals surface area contributed by atoms with Gasteiger partial charge >= 0.3 is 0 Å². The Morgan fingerprint density at radius 3 is 3.15 bits per heavy atom. The van der Waals surface area contributed by atoms with E-state index in [-0.39, 0.29) is 11.8 Å². The van der Waals surface area contributed by atoms with E-state index in [9.17, 15) is 4.79 Å². The van der Waals surface area contributed by atoms with Gasteiger partial charge in [0.05, 0.1) is 12.1 Å². The number of hydrogen-bond donors (Lipinski definition) is 2. The molecule has 2 aromatic rings. The molecule has 1 aromatic heterocycles. The standard InChI is InChI=1S/C15H17N3O2/c1-20-17-8-9-5-6-13-12(7-9)10-3-2-4-11(15(16)19)14(10)18-13/h5-8,11,18H,2-4H2,1H3,(H2,16,19). The van der Waals surface area contributed by atoms with Gasteiger partial charge in [0.15, 0.2) is 0 Å². The number of hydrogen-bond acceptors (Lipinski definition) is 3. The van der Waals surface area contributed by atoms with Crippen molar-refractivity contribution in [1.82, 2.24) is 4.98 Å². The minimum Gasteiger partial charge on any atom is -0.399 e. The van der Waals surface area contributed by atoms with E-state index < -0.39 is 0 Å². The summed E-state index contributed by atoms with van der Waals surface area (Å²) in [5.41, 5.74) is 9.71.